The van der Waals surface area contributed by atoms with Crippen LogP contribution in [-0.4, -0.2) is 12.9 Å². The molecule has 0 saturated carbocycles. The molecule has 2 rings (SSSR count). The maximum atomic E-state index is 13.8. The van der Waals surface area contributed by atoms with Gasteiger partial charge in [-0.3, -0.25) is 4.79 Å². The highest BCUT2D eigenvalue weighted by molar-refractivity contribution is 5.98. The molecule has 0 unspecified atom stereocenters. The first kappa shape index (κ1) is 15.2. The Kier molecular flexibility index (Phi) is 4.36. The van der Waals surface area contributed by atoms with Gasteiger partial charge in [0.05, 0.1) is 12.7 Å². The van der Waals surface area contributed by atoms with Gasteiger partial charge in [0, 0.05) is 18.1 Å². The molecule has 2 nitrogen and oxygen atoms in total. The van der Waals surface area contributed by atoms with Crippen LogP contribution in [0.25, 0.3) is 0 Å². The molecule has 0 radical (unpaired) electrons. The minimum Gasteiger partial charge on any atom is -0.496 e. The SMILES string of the molecule is COc1ccc(C)cc1CC(=O)c1cc(C)c(F)cc1F. The molecule has 110 valence electrons. The third-order valence-corrected chi connectivity index (χ3v) is 3.34. The lowest BCUT2D eigenvalue weighted by molar-refractivity contribution is 0.0988. The molecule has 0 amide bonds. The van der Waals surface area contributed by atoms with Gasteiger partial charge in [-0.25, -0.2) is 8.78 Å². The van der Waals surface area contributed by atoms with Gasteiger partial charge in [-0.15, -0.1) is 0 Å². The molecule has 0 saturated heterocycles. The van der Waals surface area contributed by atoms with E-state index < -0.39 is 17.4 Å². The number of ether oxygens (including phenoxy) is 1. The highest BCUT2D eigenvalue weighted by Crippen LogP contribution is 2.23. The van der Waals surface area contributed by atoms with E-state index in [1.165, 1.54) is 20.1 Å². The van der Waals surface area contributed by atoms with E-state index in [1.54, 1.807) is 6.07 Å². The minimum atomic E-state index is -0.838. The third kappa shape index (κ3) is 3.27. The molecular formula is C17H16F2O2. The van der Waals surface area contributed by atoms with E-state index in [9.17, 15) is 13.6 Å². The number of carbonyl (C=O) groups is 1. The number of ketones is 1. The minimum absolute atomic E-state index is 0.00679. The molecule has 0 aliphatic carbocycles. The van der Waals surface area contributed by atoms with Crippen LogP contribution in [0.5, 0.6) is 5.75 Å². The zero-order valence-corrected chi connectivity index (χ0v) is 12.2. The fraction of sp³-hybridized carbons (Fsp3) is 0.235. The molecule has 2 aromatic carbocycles. The second kappa shape index (κ2) is 6.04. The molecule has 0 aliphatic rings. The first-order chi connectivity index (χ1) is 9.92. The summed E-state index contributed by atoms with van der Waals surface area (Å²) in [5, 5.41) is 0. The van der Waals surface area contributed by atoms with Crippen LogP contribution in [0.4, 0.5) is 8.78 Å². The lowest BCUT2D eigenvalue weighted by atomic mass is 9.99. The normalized spacial score (nSPS) is 10.5. The lowest BCUT2D eigenvalue weighted by Crippen LogP contribution is -2.08. The average Bonchev–Trinajstić information content (AvgIpc) is 2.43. The molecule has 0 N–H and O–H groups in total. The number of rotatable bonds is 4. The van der Waals surface area contributed by atoms with Crippen molar-refractivity contribution in [3.8, 4) is 5.75 Å². The molecule has 0 aliphatic heterocycles. The fourth-order valence-corrected chi connectivity index (χ4v) is 2.18. The Morgan fingerprint density at radius 3 is 2.48 bits per heavy atom. The van der Waals surface area contributed by atoms with Gasteiger partial charge >= 0.3 is 0 Å². The van der Waals surface area contributed by atoms with Gasteiger partial charge in [0.1, 0.15) is 17.4 Å². The second-order valence-corrected chi connectivity index (χ2v) is 5.00. The predicted molar refractivity (Wildman–Crippen MR) is 76.9 cm³/mol. The summed E-state index contributed by atoms with van der Waals surface area (Å²) in [7, 11) is 1.52. The van der Waals surface area contributed by atoms with Gasteiger partial charge in [0.15, 0.2) is 5.78 Å². The quantitative estimate of drug-likeness (QED) is 0.795. The number of aryl methyl sites for hydroxylation is 2. The zero-order chi connectivity index (χ0) is 15.6. The smallest absolute Gasteiger partial charge is 0.170 e. The van der Waals surface area contributed by atoms with Crippen LogP contribution in [0.15, 0.2) is 30.3 Å². The lowest BCUT2D eigenvalue weighted by Gasteiger charge is -2.10. The first-order valence-electron chi connectivity index (χ1n) is 6.54. The summed E-state index contributed by atoms with van der Waals surface area (Å²) >= 11 is 0. The van der Waals surface area contributed by atoms with Gasteiger partial charge in [-0.1, -0.05) is 17.7 Å². The monoisotopic (exact) mass is 290 g/mol. The highest BCUT2D eigenvalue weighted by atomic mass is 19.1. The van der Waals surface area contributed by atoms with Gasteiger partial charge in [0.2, 0.25) is 0 Å². The number of Topliss-reactive ketones (excluding diaryl/α,β-unsaturated/α-hetero) is 1. The van der Waals surface area contributed by atoms with E-state index in [0.717, 1.165) is 11.6 Å². The highest BCUT2D eigenvalue weighted by Gasteiger charge is 2.17. The average molecular weight is 290 g/mol. The molecule has 2 aromatic rings. The molecule has 0 aromatic heterocycles. The van der Waals surface area contributed by atoms with Crippen molar-refractivity contribution in [1.82, 2.24) is 0 Å². The molecule has 0 heterocycles. The van der Waals surface area contributed by atoms with Gasteiger partial charge in [0.25, 0.3) is 0 Å². The van der Waals surface area contributed by atoms with E-state index in [1.807, 2.05) is 19.1 Å². The van der Waals surface area contributed by atoms with Crippen molar-refractivity contribution >= 4 is 5.78 Å². The summed E-state index contributed by atoms with van der Waals surface area (Å²) in [5.74, 6) is -1.32. The Bertz CT molecular complexity index is 693. The summed E-state index contributed by atoms with van der Waals surface area (Å²) in [6.45, 7) is 3.40. The molecular weight excluding hydrogens is 274 g/mol. The Balaban J connectivity index is 2.34. The molecule has 21 heavy (non-hydrogen) atoms. The summed E-state index contributed by atoms with van der Waals surface area (Å²) in [4.78, 5) is 12.3. The second-order valence-electron chi connectivity index (χ2n) is 5.00. The maximum Gasteiger partial charge on any atom is 0.170 e. The van der Waals surface area contributed by atoms with Crippen LogP contribution in [-0.2, 0) is 6.42 Å². The van der Waals surface area contributed by atoms with E-state index in [2.05, 4.69) is 0 Å². The number of hydrogen-bond donors (Lipinski definition) is 0. The maximum absolute atomic E-state index is 13.8. The van der Waals surface area contributed by atoms with Crippen molar-refractivity contribution in [2.24, 2.45) is 0 Å². The number of hydrogen-bond acceptors (Lipinski definition) is 2. The van der Waals surface area contributed by atoms with Crippen molar-refractivity contribution in [2.45, 2.75) is 20.3 Å². The summed E-state index contributed by atoms with van der Waals surface area (Å²) in [5.41, 5.74) is 1.81. The molecule has 0 fully saturated rings. The molecule has 4 heteroatoms. The van der Waals surface area contributed by atoms with E-state index in [0.29, 0.717) is 11.3 Å². The summed E-state index contributed by atoms with van der Waals surface area (Å²) in [6.07, 6.45) is 0.00679. The summed E-state index contributed by atoms with van der Waals surface area (Å²) < 4.78 is 32.2. The van der Waals surface area contributed by atoms with E-state index >= 15 is 0 Å². The van der Waals surface area contributed by atoms with Crippen LogP contribution in [0.1, 0.15) is 27.0 Å². The van der Waals surface area contributed by atoms with Crippen molar-refractivity contribution in [1.29, 1.82) is 0 Å². The van der Waals surface area contributed by atoms with Crippen LogP contribution < -0.4 is 4.74 Å². The topological polar surface area (TPSA) is 26.3 Å². The molecule has 0 bridgehead atoms. The van der Waals surface area contributed by atoms with Gasteiger partial charge < -0.3 is 4.74 Å². The molecule has 0 atom stereocenters. The standard InChI is InChI=1S/C17H16F2O2/c1-10-4-5-17(21-3)12(6-10)8-16(20)13-7-11(2)14(18)9-15(13)19/h4-7,9H,8H2,1-3H3. The van der Waals surface area contributed by atoms with Crippen LogP contribution in [0.2, 0.25) is 0 Å². The van der Waals surface area contributed by atoms with Crippen molar-refractivity contribution in [3.05, 3.63) is 64.2 Å². The van der Waals surface area contributed by atoms with E-state index in [4.69, 9.17) is 4.74 Å². The van der Waals surface area contributed by atoms with E-state index in [-0.39, 0.29) is 17.5 Å². The zero-order valence-electron chi connectivity index (χ0n) is 12.2. The Morgan fingerprint density at radius 1 is 1.10 bits per heavy atom. The fourth-order valence-electron chi connectivity index (χ4n) is 2.18. The number of halogens is 2. The van der Waals surface area contributed by atoms with Crippen LogP contribution in [0.3, 0.4) is 0 Å². The molecule has 0 spiro atoms. The first-order valence-corrected chi connectivity index (χ1v) is 6.54. The Morgan fingerprint density at radius 2 is 1.81 bits per heavy atom. The third-order valence-electron chi connectivity index (χ3n) is 3.34. The predicted octanol–water partition coefficient (Wildman–Crippen LogP) is 4.02. The number of methoxy groups -OCH3 is 1. The van der Waals surface area contributed by atoms with Crippen LogP contribution >= 0.6 is 0 Å². The van der Waals surface area contributed by atoms with Gasteiger partial charge in [-0.05, 0) is 31.5 Å². The van der Waals surface area contributed by atoms with Gasteiger partial charge in [-0.2, -0.15) is 0 Å². The Hall–Kier alpha value is -2.23. The van der Waals surface area contributed by atoms with Crippen molar-refractivity contribution in [2.75, 3.05) is 7.11 Å². The number of carbonyl (C=O) groups excluding carboxylic acids is 1. The summed E-state index contributed by atoms with van der Waals surface area (Å²) in [6, 6.07) is 7.45. The Labute approximate surface area is 122 Å². The number of benzene rings is 2. The largest absolute Gasteiger partial charge is 0.496 e. The van der Waals surface area contributed by atoms with Crippen molar-refractivity contribution < 1.29 is 18.3 Å². The van der Waals surface area contributed by atoms with Crippen molar-refractivity contribution in [3.63, 3.8) is 0 Å². The van der Waals surface area contributed by atoms with Crippen LogP contribution in [0, 0.1) is 25.5 Å².